The molecule has 0 aliphatic carbocycles. The average Bonchev–Trinajstić information content (AvgIpc) is 2.26. The summed E-state index contributed by atoms with van der Waals surface area (Å²) >= 11 is 0. The Balaban J connectivity index is 3.05. The van der Waals surface area contributed by atoms with E-state index in [2.05, 4.69) is 0 Å². The van der Waals surface area contributed by atoms with Crippen molar-refractivity contribution in [1.82, 2.24) is 0 Å². The Bertz CT molecular complexity index is 477. The fourth-order valence-electron chi connectivity index (χ4n) is 1.50. The van der Waals surface area contributed by atoms with Crippen molar-refractivity contribution in [2.24, 2.45) is 5.92 Å². The van der Waals surface area contributed by atoms with Crippen LogP contribution in [0.25, 0.3) is 0 Å². The van der Waals surface area contributed by atoms with Gasteiger partial charge < -0.3 is 4.74 Å². The molecule has 5 heteroatoms. The highest BCUT2D eigenvalue weighted by molar-refractivity contribution is 5.53. The summed E-state index contributed by atoms with van der Waals surface area (Å²) in [6.07, 6.45) is 0. The van der Waals surface area contributed by atoms with E-state index in [1.165, 1.54) is 6.07 Å². The Kier molecular flexibility index (Phi) is 4.05. The molecule has 0 saturated carbocycles. The lowest BCUT2D eigenvalue weighted by molar-refractivity contribution is -0.386. The van der Waals surface area contributed by atoms with Crippen LogP contribution in [0.2, 0.25) is 0 Å². The first-order valence-corrected chi connectivity index (χ1v) is 5.23. The molecule has 0 aliphatic rings. The van der Waals surface area contributed by atoms with Crippen molar-refractivity contribution in [2.75, 3.05) is 6.61 Å². The topological polar surface area (TPSA) is 76.2 Å². The van der Waals surface area contributed by atoms with Gasteiger partial charge in [-0.05, 0) is 31.9 Å². The van der Waals surface area contributed by atoms with E-state index in [-0.39, 0.29) is 24.0 Å². The van der Waals surface area contributed by atoms with E-state index in [0.717, 1.165) is 5.56 Å². The number of hydrogen-bond donors (Lipinski definition) is 0. The van der Waals surface area contributed by atoms with Gasteiger partial charge in [-0.1, -0.05) is 6.07 Å². The van der Waals surface area contributed by atoms with E-state index < -0.39 is 4.92 Å². The minimum atomic E-state index is -0.466. The van der Waals surface area contributed by atoms with Gasteiger partial charge in [0.25, 0.3) is 0 Å². The maximum absolute atomic E-state index is 10.9. The number of benzene rings is 1. The van der Waals surface area contributed by atoms with Gasteiger partial charge in [0.15, 0.2) is 5.75 Å². The van der Waals surface area contributed by atoms with Crippen LogP contribution in [-0.4, -0.2) is 11.5 Å². The molecule has 0 spiro atoms. The summed E-state index contributed by atoms with van der Waals surface area (Å²) in [7, 11) is 0. The normalized spacial score (nSPS) is 11.6. The number of nitro groups is 1. The molecule has 1 unspecified atom stereocenters. The number of hydrogen-bond acceptors (Lipinski definition) is 4. The average molecular weight is 234 g/mol. The summed E-state index contributed by atoms with van der Waals surface area (Å²) in [4.78, 5) is 10.4. The molecule has 1 aromatic rings. The second kappa shape index (κ2) is 5.30. The number of rotatable bonds is 4. The molecule has 5 nitrogen and oxygen atoms in total. The number of aryl methyl sites for hydroxylation is 2. The minimum absolute atomic E-state index is 0.0485. The first-order valence-electron chi connectivity index (χ1n) is 5.23. The molecule has 0 aromatic heterocycles. The van der Waals surface area contributed by atoms with Gasteiger partial charge >= 0.3 is 5.69 Å². The van der Waals surface area contributed by atoms with Crippen molar-refractivity contribution in [2.45, 2.75) is 20.8 Å². The Morgan fingerprint density at radius 3 is 2.71 bits per heavy atom. The molecule has 17 heavy (non-hydrogen) atoms. The summed E-state index contributed by atoms with van der Waals surface area (Å²) < 4.78 is 5.37. The lowest BCUT2D eigenvalue weighted by atomic mass is 10.1. The van der Waals surface area contributed by atoms with Crippen LogP contribution in [0.1, 0.15) is 18.1 Å². The van der Waals surface area contributed by atoms with Gasteiger partial charge in [-0.3, -0.25) is 10.1 Å². The summed E-state index contributed by atoms with van der Waals surface area (Å²) in [6, 6.07) is 5.31. The molecule has 0 N–H and O–H groups in total. The van der Waals surface area contributed by atoms with E-state index in [1.807, 2.05) is 12.1 Å². The van der Waals surface area contributed by atoms with E-state index >= 15 is 0 Å². The van der Waals surface area contributed by atoms with Gasteiger partial charge in [0.2, 0.25) is 0 Å². The van der Waals surface area contributed by atoms with E-state index in [9.17, 15) is 10.1 Å². The molecule has 0 bridgehead atoms. The maximum Gasteiger partial charge on any atom is 0.311 e. The fraction of sp³-hybridized carbons (Fsp3) is 0.417. The highest BCUT2D eigenvalue weighted by atomic mass is 16.6. The molecule has 1 aromatic carbocycles. The molecule has 1 atom stereocenters. The van der Waals surface area contributed by atoms with Crippen LogP contribution in [-0.2, 0) is 0 Å². The molecule has 0 fully saturated rings. The molecule has 0 heterocycles. The van der Waals surface area contributed by atoms with Gasteiger partial charge in [0.1, 0.15) is 6.61 Å². The van der Waals surface area contributed by atoms with E-state index in [1.54, 1.807) is 20.8 Å². The van der Waals surface area contributed by atoms with Crippen molar-refractivity contribution in [3.05, 3.63) is 33.4 Å². The minimum Gasteiger partial charge on any atom is -0.485 e. The molecule has 0 saturated heterocycles. The van der Waals surface area contributed by atoms with Gasteiger partial charge in [0, 0.05) is 6.07 Å². The standard InChI is InChI=1S/C12H14N2O3/c1-8-4-10(3)12(11(5-8)14(15)16)17-7-9(2)6-13/h4-5,9H,7H2,1-3H3. The van der Waals surface area contributed by atoms with Crippen LogP contribution in [0.15, 0.2) is 12.1 Å². The van der Waals surface area contributed by atoms with Crippen LogP contribution in [0, 0.1) is 41.2 Å². The molecule has 0 amide bonds. The third kappa shape index (κ3) is 3.18. The van der Waals surface area contributed by atoms with Crippen LogP contribution >= 0.6 is 0 Å². The largest absolute Gasteiger partial charge is 0.485 e. The quantitative estimate of drug-likeness (QED) is 0.592. The number of ether oxygens (including phenoxy) is 1. The van der Waals surface area contributed by atoms with Crippen molar-refractivity contribution in [3.63, 3.8) is 0 Å². The maximum atomic E-state index is 10.9. The van der Waals surface area contributed by atoms with Crippen LogP contribution in [0.4, 0.5) is 5.69 Å². The SMILES string of the molecule is Cc1cc(C)c(OCC(C)C#N)c([N+](=O)[O-])c1. The van der Waals surface area contributed by atoms with Crippen molar-refractivity contribution in [3.8, 4) is 11.8 Å². The first kappa shape index (κ1) is 13.0. The summed E-state index contributed by atoms with van der Waals surface area (Å²) in [5, 5.41) is 19.5. The summed E-state index contributed by atoms with van der Waals surface area (Å²) in [5.74, 6) is -0.0435. The zero-order valence-corrected chi connectivity index (χ0v) is 10.1. The van der Waals surface area contributed by atoms with Crippen molar-refractivity contribution < 1.29 is 9.66 Å². The van der Waals surface area contributed by atoms with Gasteiger partial charge in [-0.15, -0.1) is 0 Å². The van der Waals surface area contributed by atoms with Crippen LogP contribution in [0.5, 0.6) is 5.75 Å². The third-order valence-electron chi connectivity index (χ3n) is 2.29. The van der Waals surface area contributed by atoms with Gasteiger partial charge in [0.05, 0.1) is 16.9 Å². The zero-order valence-electron chi connectivity index (χ0n) is 10.1. The number of nitriles is 1. The first-order chi connectivity index (χ1) is 7.95. The predicted octanol–water partition coefficient (Wildman–Crippen LogP) is 2.75. The lowest BCUT2D eigenvalue weighted by Crippen LogP contribution is -2.08. The Morgan fingerprint density at radius 2 is 2.18 bits per heavy atom. The molecule has 0 radical (unpaired) electrons. The zero-order chi connectivity index (χ0) is 13.0. The molecular weight excluding hydrogens is 220 g/mol. The smallest absolute Gasteiger partial charge is 0.311 e. The second-order valence-electron chi connectivity index (χ2n) is 4.03. The van der Waals surface area contributed by atoms with Crippen molar-refractivity contribution >= 4 is 5.69 Å². The predicted molar refractivity (Wildman–Crippen MR) is 62.8 cm³/mol. The Morgan fingerprint density at radius 1 is 1.53 bits per heavy atom. The van der Waals surface area contributed by atoms with Crippen molar-refractivity contribution in [1.29, 1.82) is 5.26 Å². The fourth-order valence-corrected chi connectivity index (χ4v) is 1.50. The van der Waals surface area contributed by atoms with Crippen LogP contribution in [0.3, 0.4) is 0 Å². The second-order valence-corrected chi connectivity index (χ2v) is 4.03. The monoisotopic (exact) mass is 234 g/mol. The Hall–Kier alpha value is -2.09. The molecular formula is C12H14N2O3. The Labute approximate surface area is 99.8 Å². The molecule has 0 aliphatic heterocycles. The highest BCUT2D eigenvalue weighted by Crippen LogP contribution is 2.32. The molecule has 90 valence electrons. The van der Waals surface area contributed by atoms with E-state index in [4.69, 9.17) is 10.00 Å². The van der Waals surface area contributed by atoms with E-state index in [0.29, 0.717) is 5.56 Å². The van der Waals surface area contributed by atoms with Crippen LogP contribution < -0.4 is 4.74 Å². The third-order valence-corrected chi connectivity index (χ3v) is 2.29. The summed E-state index contributed by atoms with van der Waals surface area (Å²) in [6.45, 7) is 5.41. The number of nitrogens with zero attached hydrogens (tertiary/aromatic N) is 2. The van der Waals surface area contributed by atoms with Gasteiger partial charge in [-0.2, -0.15) is 5.26 Å². The molecule has 1 rings (SSSR count). The summed E-state index contributed by atoms with van der Waals surface area (Å²) in [5.41, 5.74) is 1.48. The highest BCUT2D eigenvalue weighted by Gasteiger charge is 2.19. The number of nitro benzene ring substituents is 1. The lowest BCUT2D eigenvalue weighted by Gasteiger charge is -2.11. The van der Waals surface area contributed by atoms with Gasteiger partial charge in [-0.25, -0.2) is 0 Å².